The predicted octanol–water partition coefficient (Wildman–Crippen LogP) is 1.90. The highest BCUT2D eigenvalue weighted by Gasteiger charge is 2.44. The van der Waals surface area contributed by atoms with Crippen molar-refractivity contribution < 1.29 is 9.59 Å². The molecular weight excluding hydrogens is 276 g/mol. The van der Waals surface area contributed by atoms with Gasteiger partial charge >= 0.3 is 6.03 Å². The van der Waals surface area contributed by atoms with Crippen LogP contribution in [0.4, 0.5) is 9.80 Å². The minimum absolute atomic E-state index is 0.239. The van der Waals surface area contributed by atoms with Crippen LogP contribution in [0.1, 0.15) is 12.5 Å². The maximum Gasteiger partial charge on any atom is 0.333 e. The van der Waals surface area contributed by atoms with Gasteiger partial charge in [0.05, 0.1) is 6.20 Å². The molecule has 3 rings (SSSR count). The van der Waals surface area contributed by atoms with Crippen LogP contribution in [0.2, 0.25) is 0 Å². The monoisotopic (exact) mass is 288 g/mol. The van der Waals surface area contributed by atoms with Gasteiger partial charge in [0.25, 0.3) is 5.91 Å². The molecule has 1 aromatic heterocycles. The maximum atomic E-state index is 12.4. The third-order valence-corrected chi connectivity index (χ3v) is 3.90. The number of imide groups is 1. The van der Waals surface area contributed by atoms with Crippen LogP contribution in [-0.2, 0) is 11.3 Å². The smallest absolute Gasteiger partial charge is 0.308 e. The Morgan fingerprint density at radius 2 is 2.00 bits per heavy atom. The van der Waals surface area contributed by atoms with E-state index in [0.29, 0.717) is 11.5 Å². The average Bonchev–Trinajstić information content (AvgIpc) is 3.04. The summed E-state index contributed by atoms with van der Waals surface area (Å²) in [4.78, 5) is 27.3. The molecule has 0 unspecified atom stereocenters. The molecule has 6 nitrogen and oxygen atoms in total. The summed E-state index contributed by atoms with van der Waals surface area (Å²) in [5.74, 6) is -0.239. The number of rotatable bonds is 3. The Kier molecular flexibility index (Phi) is 3.19. The van der Waals surface area contributed by atoms with E-state index in [9.17, 15) is 9.59 Å². The van der Waals surface area contributed by atoms with Crippen LogP contribution in [0.15, 0.2) is 36.5 Å². The standard InChI is InChI=1S/C13H12N4O2S/c1-9-12(18)17(11-7-14-15-20-11)13(19)16(9)8-10-5-3-2-4-6-10/h2-7,9H,8H2,1H3/t9-/m0/s1. The molecule has 20 heavy (non-hydrogen) atoms. The number of urea groups is 1. The third kappa shape index (κ3) is 2.05. The SMILES string of the molecule is C[C@H]1C(=O)N(c2cnns2)C(=O)N1Cc1ccccc1. The molecular formula is C13H12N4O2S. The Morgan fingerprint density at radius 3 is 2.65 bits per heavy atom. The number of hydrogen-bond donors (Lipinski definition) is 0. The molecule has 1 aliphatic heterocycles. The first-order valence-electron chi connectivity index (χ1n) is 6.14. The zero-order valence-corrected chi connectivity index (χ0v) is 11.6. The number of aromatic nitrogens is 2. The second-order valence-electron chi connectivity index (χ2n) is 4.50. The van der Waals surface area contributed by atoms with Crippen LogP contribution in [0.3, 0.4) is 0 Å². The van der Waals surface area contributed by atoms with Gasteiger partial charge in [0.1, 0.15) is 11.0 Å². The number of anilines is 1. The van der Waals surface area contributed by atoms with Crippen molar-refractivity contribution in [2.45, 2.75) is 19.5 Å². The Bertz CT molecular complexity index is 629. The van der Waals surface area contributed by atoms with E-state index < -0.39 is 6.04 Å². The lowest BCUT2D eigenvalue weighted by Crippen LogP contribution is -2.33. The third-order valence-electron chi connectivity index (χ3n) is 3.25. The van der Waals surface area contributed by atoms with Crippen LogP contribution in [0.25, 0.3) is 0 Å². The zero-order chi connectivity index (χ0) is 14.1. The topological polar surface area (TPSA) is 66.4 Å². The van der Waals surface area contributed by atoms with Gasteiger partial charge in [0, 0.05) is 18.1 Å². The van der Waals surface area contributed by atoms with Crippen molar-refractivity contribution >= 4 is 28.5 Å². The molecule has 1 atom stereocenters. The highest BCUT2D eigenvalue weighted by atomic mass is 32.1. The normalized spacial score (nSPS) is 18.9. The van der Waals surface area contributed by atoms with E-state index in [2.05, 4.69) is 9.59 Å². The number of carbonyl (C=O) groups is 2. The summed E-state index contributed by atoms with van der Waals surface area (Å²) in [6, 6.07) is 8.80. The van der Waals surface area contributed by atoms with Gasteiger partial charge in [-0.25, -0.2) is 9.69 Å². The van der Waals surface area contributed by atoms with E-state index >= 15 is 0 Å². The molecule has 2 aromatic rings. The molecule has 0 saturated carbocycles. The van der Waals surface area contributed by atoms with E-state index in [4.69, 9.17) is 0 Å². The van der Waals surface area contributed by atoms with E-state index in [1.54, 1.807) is 11.8 Å². The molecule has 7 heteroatoms. The summed E-state index contributed by atoms with van der Waals surface area (Å²) in [6.45, 7) is 2.15. The van der Waals surface area contributed by atoms with Crippen molar-refractivity contribution in [1.82, 2.24) is 14.5 Å². The van der Waals surface area contributed by atoms with Crippen molar-refractivity contribution in [3.63, 3.8) is 0 Å². The van der Waals surface area contributed by atoms with Crippen LogP contribution in [0, 0.1) is 0 Å². The van der Waals surface area contributed by atoms with Crippen LogP contribution in [-0.4, -0.2) is 32.5 Å². The van der Waals surface area contributed by atoms with E-state index in [1.807, 2.05) is 30.3 Å². The molecule has 0 aliphatic carbocycles. The fourth-order valence-corrected chi connectivity index (χ4v) is 2.68. The lowest BCUT2D eigenvalue weighted by Gasteiger charge is -2.18. The van der Waals surface area contributed by atoms with Gasteiger partial charge in [-0.05, 0) is 12.5 Å². The Morgan fingerprint density at radius 1 is 1.25 bits per heavy atom. The predicted molar refractivity (Wildman–Crippen MR) is 74.2 cm³/mol. The molecule has 0 radical (unpaired) electrons. The van der Waals surface area contributed by atoms with E-state index in [0.717, 1.165) is 22.0 Å². The first-order chi connectivity index (χ1) is 9.68. The summed E-state index contributed by atoms with van der Waals surface area (Å²) in [6.07, 6.45) is 1.43. The highest BCUT2D eigenvalue weighted by Crippen LogP contribution is 2.27. The molecule has 1 saturated heterocycles. The zero-order valence-electron chi connectivity index (χ0n) is 10.8. The lowest BCUT2D eigenvalue weighted by molar-refractivity contribution is -0.119. The van der Waals surface area contributed by atoms with Crippen LogP contribution in [0.5, 0.6) is 0 Å². The molecule has 3 amide bonds. The molecule has 0 N–H and O–H groups in total. The van der Waals surface area contributed by atoms with Gasteiger partial charge < -0.3 is 4.90 Å². The van der Waals surface area contributed by atoms with Crippen molar-refractivity contribution in [3.8, 4) is 0 Å². The number of nitrogens with zero attached hydrogens (tertiary/aromatic N) is 4. The summed E-state index contributed by atoms with van der Waals surface area (Å²) < 4.78 is 3.70. The van der Waals surface area contributed by atoms with Gasteiger partial charge in [-0.2, -0.15) is 0 Å². The van der Waals surface area contributed by atoms with Gasteiger partial charge in [0.2, 0.25) is 0 Å². The molecule has 102 valence electrons. The van der Waals surface area contributed by atoms with Gasteiger partial charge in [-0.3, -0.25) is 4.79 Å². The number of amides is 3. The second kappa shape index (κ2) is 5.01. The van der Waals surface area contributed by atoms with Crippen LogP contribution >= 0.6 is 11.5 Å². The van der Waals surface area contributed by atoms with Crippen molar-refractivity contribution in [1.29, 1.82) is 0 Å². The van der Waals surface area contributed by atoms with Crippen molar-refractivity contribution in [3.05, 3.63) is 42.1 Å². The average molecular weight is 288 g/mol. The molecule has 0 spiro atoms. The molecule has 1 fully saturated rings. The molecule has 2 heterocycles. The number of carbonyl (C=O) groups excluding carboxylic acids is 2. The minimum Gasteiger partial charge on any atom is -0.308 e. The Labute approximate surface area is 119 Å². The van der Waals surface area contributed by atoms with E-state index in [1.165, 1.54) is 6.20 Å². The number of hydrogen-bond acceptors (Lipinski definition) is 5. The summed E-state index contributed by atoms with van der Waals surface area (Å²) >= 11 is 1.03. The summed E-state index contributed by atoms with van der Waals surface area (Å²) in [7, 11) is 0. The summed E-state index contributed by atoms with van der Waals surface area (Å²) in [5.41, 5.74) is 0.991. The second-order valence-corrected chi connectivity index (χ2v) is 5.27. The van der Waals surface area contributed by atoms with Gasteiger partial charge in [0.15, 0.2) is 0 Å². The largest absolute Gasteiger partial charge is 0.333 e. The maximum absolute atomic E-state index is 12.4. The lowest BCUT2D eigenvalue weighted by atomic mass is 10.2. The Hall–Kier alpha value is -2.28. The Balaban J connectivity index is 1.86. The fourth-order valence-electron chi connectivity index (χ4n) is 2.16. The fraction of sp³-hybridized carbons (Fsp3) is 0.231. The minimum atomic E-state index is -0.482. The van der Waals surface area contributed by atoms with Crippen LogP contribution < -0.4 is 4.90 Å². The number of benzene rings is 1. The molecule has 0 bridgehead atoms. The molecule has 1 aliphatic rings. The van der Waals surface area contributed by atoms with E-state index in [-0.39, 0.29) is 11.9 Å². The van der Waals surface area contributed by atoms with Gasteiger partial charge in [-0.1, -0.05) is 34.8 Å². The quantitative estimate of drug-likeness (QED) is 0.809. The summed E-state index contributed by atoms with van der Waals surface area (Å²) in [5, 5.41) is 4.13. The highest BCUT2D eigenvalue weighted by molar-refractivity contribution is 7.10. The van der Waals surface area contributed by atoms with Crippen molar-refractivity contribution in [2.75, 3.05) is 4.90 Å². The van der Waals surface area contributed by atoms with Gasteiger partial charge in [-0.15, -0.1) is 5.10 Å². The first kappa shape index (κ1) is 12.7. The molecule has 1 aromatic carbocycles. The first-order valence-corrected chi connectivity index (χ1v) is 6.91. The van der Waals surface area contributed by atoms with Crippen molar-refractivity contribution in [2.24, 2.45) is 0 Å².